The number of aromatic nitrogens is 5. The molecule has 7 nitrogen and oxygen atoms in total. The number of halogens is 1. The van der Waals surface area contributed by atoms with Gasteiger partial charge in [-0.15, -0.1) is 0 Å². The zero-order valence-electron chi connectivity index (χ0n) is 16.8. The van der Waals surface area contributed by atoms with Gasteiger partial charge >= 0.3 is 5.69 Å². The van der Waals surface area contributed by atoms with Crippen molar-refractivity contribution in [1.29, 1.82) is 0 Å². The standard InChI is InChI=1S/C22H20FN5O2/c1-14-7-6-9-20(28-22(29)27(3)25-26-28)17(14)13-30-21-11-15(2)16(12-18(21)23)19-8-4-5-10-24-19/h4-12H,13H2,1-3H3. The molecule has 0 unspecified atom stereocenters. The van der Waals surface area contributed by atoms with Gasteiger partial charge in [-0.05, 0) is 65.7 Å². The number of ether oxygens (including phenoxy) is 1. The molecule has 0 N–H and O–H groups in total. The van der Waals surface area contributed by atoms with E-state index in [1.807, 2.05) is 44.2 Å². The smallest absolute Gasteiger partial charge is 0.368 e. The Labute approximate surface area is 172 Å². The van der Waals surface area contributed by atoms with Gasteiger partial charge in [-0.25, -0.2) is 9.18 Å². The van der Waals surface area contributed by atoms with E-state index in [1.54, 1.807) is 18.3 Å². The molecule has 152 valence electrons. The maximum absolute atomic E-state index is 14.8. The van der Waals surface area contributed by atoms with Crippen LogP contribution in [0.5, 0.6) is 5.75 Å². The number of pyridine rings is 1. The molecule has 0 saturated heterocycles. The summed E-state index contributed by atoms with van der Waals surface area (Å²) in [5.41, 5.74) is 4.06. The second-order valence-electron chi connectivity index (χ2n) is 6.97. The number of aryl methyl sites for hydroxylation is 3. The van der Waals surface area contributed by atoms with Gasteiger partial charge in [0.2, 0.25) is 0 Å². The van der Waals surface area contributed by atoms with E-state index >= 15 is 0 Å². The zero-order chi connectivity index (χ0) is 21.3. The second-order valence-corrected chi connectivity index (χ2v) is 6.97. The van der Waals surface area contributed by atoms with E-state index in [0.717, 1.165) is 21.4 Å². The molecule has 0 saturated carbocycles. The van der Waals surface area contributed by atoms with Crippen LogP contribution in [-0.4, -0.2) is 24.8 Å². The molecule has 0 aliphatic carbocycles. The van der Waals surface area contributed by atoms with Crippen LogP contribution < -0.4 is 10.4 Å². The lowest BCUT2D eigenvalue weighted by molar-refractivity contribution is 0.289. The summed E-state index contributed by atoms with van der Waals surface area (Å²) >= 11 is 0. The van der Waals surface area contributed by atoms with Crippen LogP contribution in [0, 0.1) is 19.7 Å². The number of hydrogen-bond acceptors (Lipinski definition) is 5. The fraction of sp³-hybridized carbons (Fsp3) is 0.182. The zero-order valence-corrected chi connectivity index (χ0v) is 16.8. The molecule has 0 bridgehead atoms. The first-order chi connectivity index (χ1) is 14.5. The maximum Gasteiger partial charge on any atom is 0.368 e. The summed E-state index contributed by atoms with van der Waals surface area (Å²) in [6.45, 7) is 3.86. The summed E-state index contributed by atoms with van der Waals surface area (Å²) in [7, 11) is 1.53. The molecule has 2 aromatic carbocycles. The molecule has 0 spiro atoms. The molecule has 0 radical (unpaired) electrons. The fourth-order valence-electron chi connectivity index (χ4n) is 3.25. The summed E-state index contributed by atoms with van der Waals surface area (Å²) in [6, 6.07) is 14.1. The molecular weight excluding hydrogens is 385 g/mol. The third-order valence-corrected chi connectivity index (χ3v) is 4.93. The van der Waals surface area contributed by atoms with Crippen LogP contribution in [0.1, 0.15) is 16.7 Å². The average molecular weight is 405 g/mol. The largest absolute Gasteiger partial charge is 0.486 e. The number of hydrogen-bond donors (Lipinski definition) is 0. The van der Waals surface area contributed by atoms with Crippen molar-refractivity contribution in [2.24, 2.45) is 7.05 Å². The van der Waals surface area contributed by atoms with E-state index in [4.69, 9.17) is 4.74 Å². The highest BCUT2D eigenvalue weighted by atomic mass is 19.1. The van der Waals surface area contributed by atoms with Crippen molar-refractivity contribution in [1.82, 2.24) is 24.8 Å². The normalized spacial score (nSPS) is 10.9. The molecule has 2 aromatic heterocycles. The number of rotatable bonds is 5. The van der Waals surface area contributed by atoms with Crippen LogP contribution >= 0.6 is 0 Å². The highest BCUT2D eigenvalue weighted by Gasteiger charge is 2.16. The minimum Gasteiger partial charge on any atom is -0.486 e. The van der Waals surface area contributed by atoms with Crippen LogP contribution in [0.3, 0.4) is 0 Å². The van der Waals surface area contributed by atoms with Gasteiger partial charge in [-0.2, -0.15) is 9.36 Å². The summed E-state index contributed by atoms with van der Waals surface area (Å²) < 4.78 is 22.9. The van der Waals surface area contributed by atoms with Crippen molar-refractivity contribution in [3.63, 3.8) is 0 Å². The lowest BCUT2D eigenvalue weighted by Gasteiger charge is -2.15. The molecule has 4 aromatic rings. The Balaban J connectivity index is 1.66. The van der Waals surface area contributed by atoms with Crippen LogP contribution in [-0.2, 0) is 13.7 Å². The van der Waals surface area contributed by atoms with Gasteiger partial charge in [0.25, 0.3) is 0 Å². The fourth-order valence-corrected chi connectivity index (χ4v) is 3.25. The summed E-state index contributed by atoms with van der Waals surface area (Å²) in [5, 5.41) is 7.66. The Morgan fingerprint density at radius 1 is 1.03 bits per heavy atom. The van der Waals surface area contributed by atoms with Crippen molar-refractivity contribution in [3.05, 3.63) is 87.7 Å². The Morgan fingerprint density at radius 3 is 2.57 bits per heavy atom. The van der Waals surface area contributed by atoms with Gasteiger partial charge in [0.15, 0.2) is 11.6 Å². The van der Waals surface area contributed by atoms with Crippen LogP contribution in [0.2, 0.25) is 0 Å². The Hall–Kier alpha value is -3.81. The molecule has 0 fully saturated rings. The highest BCUT2D eigenvalue weighted by molar-refractivity contribution is 5.64. The van der Waals surface area contributed by atoms with E-state index < -0.39 is 5.82 Å². The predicted molar refractivity (Wildman–Crippen MR) is 110 cm³/mol. The molecule has 0 amide bonds. The molecule has 0 aliphatic rings. The molecule has 4 rings (SSSR count). The molecule has 2 heterocycles. The summed E-state index contributed by atoms with van der Waals surface area (Å²) in [5.74, 6) is -0.346. The second kappa shape index (κ2) is 7.90. The number of nitrogens with zero attached hydrogens (tertiary/aromatic N) is 5. The van der Waals surface area contributed by atoms with E-state index in [-0.39, 0.29) is 18.0 Å². The summed E-state index contributed by atoms with van der Waals surface area (Å²) in [4.78, 5) is 16.6. The minimum absolute atomic E-state index is 0.0737. The lowest BCUT2D eigenvalue weighted by Crippen LogP contribution is -2.23. The Kier molecular flexibility index (Phi) is 5.14. The third kappa shape index (κ3) is 3.59. The van der Waals surface area contributed by atoms with Crippen LogP contribution in [0.4, 0.5) is 4.39 Å². The van der Waals surface area contributed by atoms with E-state index in [9.17, 15) is 9.18 Å². The first kappa shape index (κ1) is 19.5. The SMILES string of the molecule is Cc1cc(OCc2c(C)cccc2-n2nnn(C)c2=O)c(F)cc1-c1ccccn1. The van der Waals surface area contributed by atoms with Crippen LogP contribution in [0.25, 0.3) is 16.9 Å². The number of benzene rings is 2. The van der Waals surface area contributed by atoms with Crippen molar-refractivity contribution in [2.45, 2.75) is 20.5 Å². The van der Waals surface area contributed by atoms with Crippen molar-refractivity contribution in [3.8, 4) is 22.7 Å². The Morgan fingerprint density at radius 2 is 1.87 bits per heavy atom. The molecule has 0 aliphatic heterocycles. The third-order valence-electron chi connectivity index (χ3n) is 4.93. The maximum atomic E-state index is 14.8. The lowest BCUT2D eigenvalue weighted by atomic mass is 10.0. The predicted octanol–water partition coefficient (Wildman–Crippen LogP) is 3.36. The van der Waals surface area contributed by atoms with Gasteiger partial charge in [-0.1, -0.05) is 18.2 Å². The summed E-state index contributed by atoms with van der Waals surface area (Å²) in [6.07, 6.45) is 1.67. The highest BCUT2D eigenvalue weighted by Crippen LogP contribution is 2.29. The molecule has 8 heteroatoms. The van der Waals surface area contributed by atoms with E-state index in [1.165, 1.54) is 17.8 Å². The first-order valence-corrected chi connectivity index (χ1v) is 9.38. The topological polar surface area (TPSA) is 74.8 Å². The average Bonchev–Trinajstić information content (AvgIpc) is 3.08. The van der Waals surface area contributed by atoms with Gasteiger partial charge in [0.05, 0.1) is 11.4 Å². The van der Waals surface area contributed by atoms with Gasteiger partial charge in [0.1, 0.15) is 6.61 Å². The van der Waals surface area contributed by atoms with Crippen molar-refractivity contribution >= 4 is 0 Å². The van der Waals surface area contributed by atoms with Gasteiger partial charge in [-0.3, -0.25) is 4.98 Å². The minimum atomic E-state index is -0.479. The monoisotopic (exact) mass is 405 g/mol. The van der Waals surface area contributed by atoms with Gasteiger partial charge < -0.3 is 4.74 Å². The van der Waals surface area contributed by atoms with E-state index in [0.29, 0.717) is 16.9 Å². The van der Waals surface area contributed by atoms with Crippen molar-refractivity contribution < 1.29 is 9.13 Å². The molecule has 30 heavy (non-hydrogen) atoms. The first-order valence-electron chi connectivity index (χ1n) is 9.38. The van der Waals surface area contributed by atoms with E-state index in [2.05, 4.69) is 15.4 Å². The Bertz CT molecular complexity index is 1260. The molecular formula is C22H20FN5O2. The number of tetrazole rings is 1. The quantitative estimate of drug-likeness (QED) is 0.509. The van der Waals surface area contributed by atoms with Crippen molar-refractivity contribution in [2.75, 3.05) is 0 Å². The van der Waals surface area contributed by atoms with Gasteiger partial charge in [0, 0.05) is 24.4 Å². The van der Waals surface area contributed by atoms with Crippen LogP contribution in [0.15, 0.2) is 59.5 Å². The molecule has 0 atom stereocenters.